The Morgan fingerprint density at radius 2 is 2.13 bits per heavy atom. The number of nitrogens with zero attached hydrogens (tertiary/aromatic N) is 1. The Hall–Kier alpha value is -1.67. The molecule has 6 heteroatoms. The third kappa shape index (κ3) is 3.32. The van der Waals surface area contributed by atoms with Crippen LogP contribution < -0.4 is 10.3 Å². The van der Waals surface area contributed by atoms with E-state index < -0.39 is 0 Å². The predicted octanol–water partition coefficient (Wildman–Crippen LogP) is 4.52. The molecule has 0 aliphatic rings. The maximum Gasteiger partial charge on any atom is 0.259 e. The van der Waals surface area contributed by atoms with Crippen molar-refractivity contribution in [2.45, 2.75) is 0 Å². The van der Waals surface area contributed by atoms with Crippen LogP contribution in [-0.2, 0) is 0 Å². The number of hydrogen-bond acceptors (Lipinski definition) is 3. The molecule has 3 rings (SSSR count). The van der Waals surface area contributed by atoms with Gasteiger partial charge in [-0.1, -0.05) is 40.7 Å². The topological polar surface area (TPSA) is 55.0 Å². The van der Waals surface area contributed by atoms with Crippen molar-refractivity contribution in [1.82, 2.24) is 9.97 Å². The quantitative estimate of drug-likeness (QED) is 0.439. The van der Waals surface area contributed by atoms with Crippen LogP contribution in [0.15, 0.2) is 58.3 Å². The van der Waals surface area contributed by atoms with Crippen molar-refractivity contribution in [3.05, 3.63) is 67.4 Å². The second-order valence-corrected chi connectivity index (χ2v) is 6.87. The SMILES string of the molecule is C=CCOc1c(I)cc(Br)cc1-c1nc2ccccc2c(=O)[nH]1. The first kappa shape index (κ1) is 16.2. The lowest BCUT2D eigenvalue weighted by Crippen LogP contribution is -2.10. The van der Waals surface area contributed by atoms with Crippen molar-refractivity contribution in [3.8, 4) is 17.1 Å². The van der Waals surface area contributed by atoms with Gasteiger partial charge in [0, 0.05) is 4.47 Å². The van der Waals surface area contributed by atoms with E-state index in [-0.39, 0.29) is 5.56 Å². The van der Waals surface area contributed by atoms with E-state index in [0.717, 1.165) is 13.6 Å². The summed E-state index contributed by atoms with van der Waals surface area (Å²) in [5.41, 5.74) is 1.21. The summed E-state index contributed by atoms with van der Waals surface area (Å²) in [6.45, 7) is 4.05. The van der Waals surface area contributed by atoms with E-state index in [1.54, 1.807) is 12.1 Å². The van der Waals surface area contributed by atoms with E-state index in [4.69, 9.17) is 4.74 Å². The number of fused-ring (bicyclic) bond motifs is 1. The minimum atomic E-state index is -0.171. The van der Waals surface area contributed by atoms with Crippen LogP contribution in [0.1, 0.15) is 0 Å². The molecule has 0 fully saturated rings. The Morgan fingerprint density at radius 3 is 2.91 bits per heavy atom. The molecule has 116 valence electrons. The molecule has 0 amide bonds. The van der Waals surface area contributed by atoms with E-state index in [1.807, 2.05) is 30.3 Å². The van der Waals surface area contributed by atoms with E-state index >= 15 is 0 Å². The highest BCUT2D eigenvalue weighted by Crippen LogP contribution is 2.35. The number of para-hydroxylation sites is 1. The summed E-state index contributed by atoms with van der Waals surface area (Å²) >= 11 is 5.68. The van der Waals surface area contributed by atoms with Crippen molar-refractivity contribution < 1.29 is 4.74 Å². The normalized spacial score (nSPS) is 10.7. The van der Waals surface area contributed by atoms with Crippen molar-refractivity contribution in [3.63, 3.8) is 0 Å². The smallest absolute Gasteiger partial charge is 0.259 e. The summed E-state index contributed by atoms with van der Waals surface area (Å²) in [6.07, 6.45) is 1.68. The monoisotopic (exact) mass is 482 g/mol. The van der Waals surface area contributed by atoms with Crippen LogP contribution in [0.25, 0.3) is 22.3 Å². The second kappa shape index (κ2) is 6.84. The maximum absolute atomic E-state index is 12.3. The Morgan fingerprint density at radius 1 is 1.35 bits per heavy atom. The fourth-order valence-corrected chi connectivity index (χ4v) is 3.91. The second-order valence-electron chi connectivity index (χ2n) is 4.80. The predicted molar refractivity (Wildman–Crippen MR) is 104 cm³/mol. The first-order chi connectivity index (χ1) is 11.1. The Bertz CT molecular complexity index is 953. The number of rotatable bonds is 4. The lowest BCUT2D eigenvalue weighted by molar-refractivity contribution is 0.362. The number of hydrogen-bond donors (Lipinski definition) is 1. The van der Waals surface area contributed by atoms with E-state index in [0.29, 0.717) is 29.1 Å². The highest BCUT2D eigenvalue weighted by Gasteiger charge is 2.15. The first-order valence-corrected chi connectivity index (χ1v) is 8.69. The molecule has 0 saturated heterocycles. The Balaban J connectivity index is 2.25. The average Bonchev–Trinajstić information content (AvgIpc) is 2.53. The molecule has 0 spiro atoms. The molecular formula is C17H12BrIN2O2. The molecule has 2 aromatic carbocycles. The Labute approximate surface area is 154 Å². The third-order valence-electron chi connectivity index (χ3n) is 3.22. The van der Waals surface area contributed by atoms with Crippen molar-refractivity contribution in [2.75, 3.05) is 6.61 Å². The van der Waals surface area contributed by atoms with Crippen molar-refractivity contribution >= 4 is 49.4 Å². The van der Waals surface area contributed by atoms with Crippen molar-refractivity contribution in [2.24, 2.45) is 0 Å². The zero-order valence-corrected chi connectivity index (χ0v) is 15.7. The molecular weight excluding hydrogens is 471 g/mol. The molecule has 0 bridgehead atoms. The van der Waals surface area contributed by atoms with Crippen LogP contribution >= 0.6 is 38.5 Å². The van der Waals surface area contributed by atoms with Crippen LogP contribution in [0, 0.1) is 3.57 Å². The van der Waals surface area contributed by atoms with Gasteiger partial charge in [0.25, 0.3) is 5.56 Å². The molecule has 0 aliphatic heterocycles. The van der Waals surface area contributed by atoms with E-state index in [1.165, 1.54) is 0 Å². The van der Waals surface area contributed by atoms with Gasteiger partial charge in [0.15, 0.2) is 0 Å². The lowest BCUT2D eigenvalue weighted by atomic mass is 10.1. The highest BCUT2D eigenvalue weighted by atomic mass is 127. The minimum Gasteiger partial charge on any atom is -0.488 e. The maximum atomic E-state index is 12.3. The zero-order valence-electron chi connectivity index (χ0n) is 12.0. The van der Waals surface area contributed by atoms with Gasteiger partial charge in [0.1, 0.15) is 18.2 Å². The third-order valence-corrected chi connectivity index (χ3v) is 4.48. The molecule has 0 aliphatic carbocycles. The Kier molecular flexibility index (Phi) is 4.82. The van der Waals surface area contributed by atoms with Gasteiger partial charge in [0.05, 0.1) is 20.0 Å². The van der Waals surface area contributed by atoms with Crippen LogP contribution in [-0.4, -0.2) is 16.6 Å². The summed E-state index contributed by atoms with van der Waals surface area (Å²) in [6, 6.07) is 11.1. The molecule has 1 heterocycles. The van der Waals surface area contributed by atoms with Gasteiger partial charge in [-0.05, 0) is 46.9 Å². The summed E-state index contributed by atoms with van der Waals surface area (Å²) in [7, 11) is 0. The molecule has 1 N–H and O–H groups in total. The van der Waals surface area contributed by atoms with Crippen LogP contribution in [0.5, 0.6) is 5.75 Å². The molecule has 0 unspecified atom stereocenters. The standard InChI is InChI=1S/C17H12BrIN2O2/c1-2-7-23-15-12(8-10(18)9-13(15)19)16-20-14-6-4-3-5-11(14)17(22)21-16/h2-6,8-9H,1,7H2,(H,20,21,22). The average molecular weight is 483 g/mol. The summed E-state index contributed by atoms with van der Waals surface area (Å²) in [5.74, 6) is 1.15. The number of nitrogens with one attached hydrogen (secondary N) is 1. The minimum absolute atomic E-state index is 0.171. The van der Waals surface area contributed by atoms with Crippen LogP contribution in [0.4, 0.5) is 0 Å². The molecule has 3 aromatic rings. The first-order valence-electron chi connectivity index (χ1n) is 6.82. The number of aromatic amines is 1. The van der Waals surface area contributed by atoms with Gasteiger partial charge in [-0.3, -0.25) is 4.79 Å². The zero-order chi connectivity index (χ0) is 16.4. The number of halogens is 2. The van der Waals surface area contributed by atoms with Crippen LogP contribution in [0.3, 0.4) is 0 Å². The largest absolute Gasteiger partial charge is 0.488 e. The van der Waals surface area contributed by atoms with Gasteiger partial charge in [-0.2, -0.15) is 0 Å². The summed E-state index contributed by atoms with van der Waals surface area (Å²) in [5, 5.41) is 0.564. The highest BCUT2D eigenvalue weighted by molar-refractivity contribution is 14.1. The molecule has 23 heavy (non-hydrogen) atoms. The van der Waals surface area contributed by atoms with Gasteiger partial charge >= 0.3 is 0 Å². The number of ether oxygens (including phenoxy) is 1. The fourth-order valence-electron chi connectivity index (χ4n) is 2.24. The summed E-state index contributed by atoms with van der Waals surface area (Å²) < 4.78 is 7.58. The lowest BCUT2D eigenvalue weighted by Gasteiger charge is -2.13. The van der Waals surface area contributed by atoms with Gasteiger partial charge < -0.3 is 9.72 Å². The van der Waals surface area contributed by atoms with Crippen molar-refractivity contribution in [1.29, 1.82) is 0 Å². The van der Waals surface area contributed by atoms with Gasteiger partial charge in [-0.25, -0.2) is 4.98 Å². The molecule has 4 nitrogen and oxygen atoms in total. The molecule has 1 aromatic heterocycles. The molecule has 0 radical (unpaired) electrons. The van der Waals surface area contributed by atoms with Crippen LogP contribution in [0.2, 0.25) is 0 Å². The number of benzene rings is 2. The fraction of sp³-hybridized carbons (Fsp3) is 0.0588. The molecule has 0 atom stereocenters. The van der Waals surface area contributed by atoms with E-state index in [2.05, 4.69) is 55.1 Å². The number of aromatic nitrogens is 2. The molecule has 0 saturated carbocycles. The summed E-state index contributed by atoms with van der Waals surface area (Å²) in [4.78, 5) is 19.7. The van der Waals surface area contributed by atoms with Gasteiger partial charge in [0.2, 0.25) is 0 Å². The van der Waals surface area contributed by atoms with E-state index in [9.17, 15) is 4.79 Å². The van der Waals surface area contributed by atoms with Gasteiger partial charge in [-0.15, -0.1) is 0 Å². The number of H-pyrrole nitrogens is 1.